The van der Waals surface area contributed by atoms with Gasteiger partial charge in [0.05, 0.1) is 12.8 Å². The first-order chi connectivity index (χ1) is 12.1. The number of hydrogen-bond donors (Lipinski definition) is 0. The zero-order valence-electron chi connectivity index (χ0n) is 14.5. The maximum absolute atomic E-state index is 12.6. The van der Waals surface area contributed by atoms with Crippen molar-refractivity contribution in [3.05, 3.63) is 46.7 Å². The van der Waals surface area contributed by atoms with Gasteiger partial charge in [0.25, 0.3) is 0 Å². The lowest BCUT2D eigenvalue weighted by atomic mass is 10.1. The van der Waals surface area contributed by atoms with Gasteiger partial charge in [-0.2, -0.15) is 11.3 Å². The van der Waals surface area contributed by atoms with Crippen molar-refractivity contribution >= 4 is 28.8 Å². The average molecular weight is 358 g/mol. The Balaban J connectivity index is 1.67. The lowest BCUT2D eigenvalue weighted by Crippen LogP contribution is -2.57. The molecule has 0 bridgehead atoms. The van der Waals surface area contributed by atoms with Gasteiger partial charge in [-0.05, 0) is 47.9 Å². The zero-order valence-corrected chi connectivity index (χ0v) is 15.3. The van der Waals surface area contributed by atoms with Crippen molar-refractivity contribution in [3.8, 4) is 5.75 Å². The van der Waals surface area contributed by atoms with Crippen molar-refractivity contribution in [1.29, 1.82) is 0 Å². The van der Waals surface area contributed by atoms with E-state index in [1.54, 1.807) is 28.2 Å². The predicted octanol–water partition coefficient (Wildman–Crippen LogP) is 2.95. The summed E-state index contributed by atoms with van der Waals surface area (Å²) in [6.07, 6.45) is 1.15. The lowest BCUT2D eigenvalue weighted by molar-refractivity contribution is -0.139. The molecule has 1 aliphatic heterocycles. The van der Waals surface area contributed by atoms with Gasteiger partial charge in [-0.15, -0.1) is 0 Å². The number of nitrogens with zero attached hydrogens (tertiary/aromatic N) is 2. The molecule has 1 fully saturated rings. The van der Waals surface area contributed by atoms with Crippen LogP contribution in [0, 0.1) is 0 Å². The minimum atomic E-state index is -0.0773. The van der Waals surface area contributed by atoms with Crippen LogP contribution < -0.4 is 9.64 Å². The molecule has 1 unspecified atom stereocenters. The second-order valence-electron chi connectivity index (χ2n) is 6.18. The van der Waals surface area contributed by atoms with Crippen molar-refractivity contribution in [1.82, 2.24) is 4.90 Å². The predicted molar refractivity (Wildman–Crippen MR) is 99.2 cm³/mol. The molecular formula is C19H22N2O3S. The van der Waals surface area contributed by atoms with E-state index >= 15 is 0 Å². The van der Waals surface area contributed by atoms with Crippen molar-refractivity contribution in [2.45, 2.75) is 25.8 Å². The fourth-order valence-corrected chi connectivity index (χ4v) is 3.80. The highest BCUT2D eigenvalue weighted by Crippen LogP contribution is 2.30. The molecule has 25 heavy (non-hydrogen) atoms. The molecule has 2 aromatic rings. The average Bonchev–Trinajstić information content (AvgIpc) is 3.15. The standard InChI is InChI=1S/C19H22N2O3S/c1-14-11-21(16-5-3-4-6-17(16)24-2)19(23)12-20(14)18(22)8-7-15-9-10-25-13-15/h3-6,9-10,13-14H,7-8,11-12H2,1-2H3. The summed E-state index contributed by atoms with van der Waals surface area (Å²) in [6.45, 7) is 2.57. The molecule has 1 saturated heterocycles. The topological polar surface area (TPSA) is 49.9 Å². The highest BCUT2D eigenvalue weighted by atomic mass is 32.1. The van der Waals surface area contributed by atoms with E-state index in [1.807, 2.05) is 42.6 Å². The Bertz CT molecular complexity index is 745. The molecule has 132 valence electrons. The highest BCUT2D eigenvalue weighted by molar-refractivity contribution is 7.07. The fraction of sp³-hybridized carbons (Fsp3) is 0.368. The van der Waals surface area contributed by atoms with Crippen LogP contribution in [0.25, 0.3) is 0 Å². The maximum atomic E-state index is 12.6. The van der Waals surface area contributed by atoms with E-state index in [0.717, 1.165) is 12.1 Å². The third-order valence-electron chi connectivity index (χ3n) is 4.49. The smallest absolute Gasteiger partial charge is 0.246 e. The molecular weight excluding hydrogens is 336 g/mol. The van der Waals surface area contributed by atoms with Crippen LogP contribution in [0.1, 0.15) is 18.9 Å². The van der Waals surface area contributed by atoms with Crippen LogP contribution in [0.4, 0.5) is 5.69 Å². The number of thiophene rings is 1. The van der Waals surface area contributed by atoms with Crippen LogP contribution in [-0.2, 0) is 16.0 Å². The summed E-state index contributed by atoms with van der Waals surface area (Å²) in [5.74, 6) is 0.624. The first-order valence-electron chi connectivity index (χ1n) is 8.34. The Kier molecular flexibility index (Phi) is 5.38. The van der Waals surface area contributed by atoms with E-state index in [0.29, 0.717) is 18.7 Å². The largest absolute Gasteiger partial charge is 0.495 e. The van der Waals surface area contributed by atoms with E-state index in [4.69, 9.17) is 4.74 Å². The number of amides is 2. The summed E-state index contributed by atoms with van der Waals surface area (Å²) in [4.78, 5) is 28.6. The number of carbonyl (C=O) groups is 2. The SMILES string of the molecule is COc1ccccc1N1CC(C)N(C(=O)CCc2ccsc2)CC1=O. The molecule has 3 rings (SSSR count). The number of piperazine rings is 1. The number of rotatable bonds is 5. The van der Waals surface area contributed by atoms with E-state index in [9.17, 15) is 9.59 Å². The second kappa shape index (κ2) is 7.70. The molecule has 1 aromatic heterocycles. The van der Waals surface area contributed by atoms with Gasteiger partial charge in [0, 0.05) is 19.0 Å². The van der Waals surface area contributed by atoms with Crippen molar-refractivity contribution in [2.24, 2.45) is 0 Å². The van der Waals surface area contributed by atoms with Gasteiger partial charge >= 0.3 is 0 Å². The van der Waals surface area contributed by atoms with Gasteiger partial charge in [0.1, 0.15) is 12.3 Å². The molecule has 1 atom stereocenters. The summed E-state index contributed by atoms with van der Waals surface area (Å²) in [5, 5.41) is 4.07. The molecule has 6 heteroatoms. The molecule has 1 aliphatic rings. The molecule has 0 spiro atoms. The Morgan fingerprint density at radius 1 is 1.32 bits per heavy atom. The van der Waals surface area contributed by atoms with Gasteiger partial charge in [-0.25, -0.2) is 0 Å². The molecule has 0 N–H and O–H groups in total. The van der Waals surface area contributed by atoms with Crippen LogP contribution >= 0.6 is 11.3 Å². The van der Waals surface area contributed by atoms with Crippen LogP contribution in [0.2, 0.25) is 0 Å². The zero-order chi connectivity index (χ0) is 17.8. The third kappa shape index (κ3) is 3.85. The summed E-state index contributed by atoms with van der Waals surface area (Å²) in [6, 6.07) is 9.47. The van der Waals surface area contributed by atoms with E-state index < -0.39 is 0 Å². The van der Waals surface area contributed by atoms with Gasteiger partial charge < -0.3 is 14.5 Å². The summed E-state index contributed by atoms with van der Waals surface area (Å²) >= 11 is 1.63. The Morgan fingerprint density at radius 2 is 2.12 bits per heavy atom. The van der Waals surface area contributed by atoms with Crippen LogP contribution in [0.5, 0.6) is 5.75 Å². The molecule has 5 nitrogen and oxygen atoms in total. The van der Waals surface area contributed by atoms with Crippen molar-refractivity contribution in [2.75, 3.05) is 25.1 Å². The molecule has 0 aliphatic carbocycles. The highest BCUT2D eigenvalue weighted by Gasteiger charge is 2.33. The normalized spacial score (nSPS) is 17.7. The monoisotopic (exact) mass is 358 g/mol. The van der Waals surface area contributed by atoms with Crippen molar-refractivity contribution in [3.63, 3.8) is 0 Å². The lowest BCUT2D eigenvalue weighted by Gasteiger charge is -2.39. The number of aryl methyl sites for hydroxylation is 1. The number of ether oxygens (including phenoxy) is 1. The minimum Gasteiger partial charge on any atom is -0.495 e. The molecule has 2 heterocycles. The van der Waals surface area contributed by atoms with E-state index in [1.165, 1.54) is 5.56 Å². The third-order valence-corrected chi connectivity index (χ3v) is 5.22. The number of para-hydroxylation sites is 2. The Hall–Kier alpha value is -2.34. The van der Waals surface area contributed by atoms with Crippen molar-refractivity contribution < 1.29 is 14.3 Å². The van der Waals surface area contributed by atoms with Crippen LogP contribution in [0.3, 0.4) is 0 Å². The Morgan fingerprint density at radius 3 is 2.84 bits per heavy atom. The first kappa shape index (κ1) is 17.5. The second-order valence-corrected chi connectivity index (χ2v) is 6.96. The molecule has 1 aromatic carbocycles. The molecule has 0 radical (unpaired) electrons. The van der Waals surface area contributed by atoms with Crippen LogP contribution in [0.15, 0.2) is 41.1 Å². The number of methoxy groups -OCH3 is 1. The maximum Gasteiger partial charge on any atom is 0.246 e. The Labute approximate surface area is 151 Å². The molecule has 0 saturated carbocycles. The summed E-state index contributed by atoms with van der Waals surface area (Å²) in [7, 11) is 1.59. The fourth-order valence-electron chi connectivity index (χ4n) is 3.10. The number of benzene rings is 1. The van der Waals surface area contributed by atoms with Gasteiger partial charge in [-0.1, -0.05) is 12.1 Å². The minimum absolute atomic E-state index is 0.0300. The first-order valence-corrected chi connectivity index (χ1v) is 9.28. The summed E-state index contributed by atoms with van der Waals surface area (Å²) < 4.78 is 5.36. The number of anilines is 1. The van der Waals surface area contributed by atoms with Crippen LogP contribution in [-0.4, -0.2) is 43.0 Å². The number of carbonyl (C=O) groups excluding carboxylic acids is 2. The van der Waals surface area contributed by atoms with E-state index in [2.05, 4.69) is 5.38 Å². The summed E-state index contributed by atoms with van der Waals surface area (Å²) in [5.41, 5.74) is 1.93. The number of hydrogen-bond acceptors (Lipinski definition) is 4. The van der Waals surface area contributed by atoms with E-state index in [-0.39, 0.29) is 24.4 Å². The quantitative estimate of drug-likeness (QED) is 0.826. The van der Waals surface area contributed by atoms with Gasteiger partial charge in [0.2, 0.25) is 11.8 Å². The van der Waals surface area contributed by atoms with Gasteiger partial charge in [-0.3, -0.25) is 9.59 Å². The molecule has 2 amide bonds. The van der Waals surface area contributed by atoms with Gasteiger partial charge in [0.15, 0.2) is 0 Å².